The second-order valence-corrected chi connectivity index (χ2v) is 5.00. The smallest absolute Gasteiger partial charge is 0.167 e. The van der Waals surface area contributed by atoms with Gasteiger partial charge in [0, 0.05) is 0 Å². The molecule has 3 heterocycles. The summed E-state index contributed by atoms with van der Waals surface area (Å²) in [6.07, 6.45) is -1.85. The third-order valence-corrected chi connectivity index (χ3v) is 3.52. The van der Waals surface area contributed by atoms with Crippen molar-refractivity contribution in [2.24, 2.45) is 0 Å². The lowest BCUT2D eigenvalue weighted by atomic mass is 10.1. The van der Waals surface area contributed by atoms with E-state index in [0.29, 0.717) is 11.2 Å². The summed E-state index contributed by atoms with van der Waals surface area (Å²) >= 11 is 3.81. The van der Waals surface area contributed by atoms with E-state index in [2.05, 4.69) is 27.6 Å². The van der Waals surface area contributed by atoms with E-state index in [-0.39, 0.29) is 5.82 Å². The summed E-state index contributed by atoms with van der Waals surface area (Å²) in [6, 6.07) is 0. The molecule has 0 spiro atoms. The van der Waals surface area contributed by atoms with Gasteiger partial charge in [-0.2, -0.15) is 0 Å². The monoisotopic (exact) mass is 299 g/mol. The maximum absolute atomic E-state index is 10.0. The molecule has 0 aliphatic carbocycles. The number of hydrogen-bond donors (Lipinski definition) is 5. The molecule has 3 rings (SSSR count). The normalized spacial score (nSPS) is 31.8. The van der Waals surface area contributed by atoms with Crippen LogP contribution in [0.25, 0.3) is 11.2 Å². The molecule has 1 aliphatic rings. The van der Waals surface area contributed by atoms with Crippen molar-refractivity contribution in [3.63, 3.8) is 0 Å². The van der Waals surface area contributed by atoms with Crippen molar-refractivity contribution in [2.45, 2.75) is 30.0 Å². The molecule has 2 aromatic rings. The molecule has 1 fully saturated rings. The Labute approximate surface area is 118 Å². The summed E-state index contributed by atoms with van der Waals surface area (Å²) in [7, 11) is 0. The standard InChI is InChI=1S/C10H13N5O4S/c11-7-3-8(13-1-12-7)15(2-14-3)9-5(17)4(16)6(19-9)10(18)20/h1-2,4-6,9-10,16-18,20H,(H2,11,12,13)/t4-,5+,6-,9+,10?/m0/s1. The van der Waals surface area contributed by atoms with E-state index in [1.54, 1.807) is 0 Å². The number of rotatable bonds is 2. The lowest BCUT2D eigenvalue weighted by Crippen LogP contribution is -2.36. The molecule has 5 N–H and O–H groups in total. The van der Waals surface area contributed by atoms with Crippen LogP contribution in [-0.4, -0.2) is 58.6 Å². The van der Waals surface area contributed by atoms with E-state index in [9.17, 15) is 15.3 Å². The fraction of sp³-hybridized carbons (Fsp3) is 0.500. The number of nitrogens with zero attached hydrogens (tertiary/aromatic N) is 4. The third kappa shape index (κ3) is 1.93. The van der Waals surface area contributed by atoms with Gasteiger partial charge in [0.1, 0.15) is 35.6 Å². The molecule has 1 saturated heterocycles. The van der Waals surface area contributed by atoms with Gasteiger partial charge in [0.25, 0.3) is 0 Å². The highest BCUT2D eigenvalue weighted by atomic mass is 32.1. The molecule has 0 amide bonds. The number of imidazole rings is 1. The Balaban J connectivity index is 2.02. The van der Waals surface area contributed by atoms with E-state index in [1.807, 2.05) is 0 Å². The first-order valence-electron chi connectivity index (χ1n) is 5.81. The second-order valence-electron chi connectivity index (χ2n) is 4.47. The van der Waals surface area contributed by atoms with Gasteiger partial charge in [-0.15, -0.1) is 12.6 Å². The van der Waals surface area contributed by atoms with Crippen LogP contribution in [0.1, 0.15) is 6.23 Å². The molecular weight excluding hydrogens is 286 g/mol. The van der Waals surface area contributed by atoms with Crippen molar-refractivity contribution in [1.82, 2.24) is 19.5 Å². The Hall–Kier alpha value is -1.46. The predicted molar refractivity (Wildman–Crippen MR) is 70.7 cm³/mol. The van der Waals surface area contributed by atoms with E-state index >= 15 is 0 Å². The number of nitrogens with two attached hydrogens (primary N) is 1. The number of thiol groups is 1. The van der Waals surface area contributed by atoms with Gasteiger partial charge in [-0.25, -0.2) is 15.0 Å². The maximum Gasteiger partial charge on any atom is 0.167 e. The minimum Gasteiger partial charge on any atom is -0.387 e. The number of ether oxygens (including phenoxy) is 1. The Bertz CT molecular complexity index is 635. The highest BCUT2D eigenvalue weighted by molar-refractivity contribution is 7.80. The number of hydrogen-bond acceptors (Lipinski definition) is 9. The van der Waals surface area contributed by atoms with Gasteiger partial charge >= 0.3 is 0 Å². The zero-order chi connectivity index (χ0) is 14.4. The van der Waals surface area contributed by atoms with Crippen molar-refractivity contribution < 1.29 is 20.1 Å². The molecular formula is C10H13N5O4S. The van der Waals surface area contributed by atoms with Gasteiger partial charge in [-0.3, -0.25) is 4.57 Å². The van der Waals surface area contributed by atoms with Crippen molar-refractivity contribution in [3.05, 3.63) is 12.7 Å². The van der Waals surface area contributed by atoms with Crippen LogP contribution in [-0.2, 0) is 4.74 Å². The summed E-state index contributed by atoms with van der Waals surface area (Å²) in [5.41, 5.74) is 5.18. The van der Waals surface area contributed by atoms with Crippen LogP contribution in [0.2, 0.25) is 0 Å². The van der Waals surface area contributed by atoms with Crippen LogP contribution in [0.3, 0.4) is 0 Å². The number of nitrogen functional groups attached to an aromatic ring is 1. The molecule has 0 aromatic carbocycles. The van der Waals surface area contributed by atoms with Gasteiger partial charge in [0.2, 0.25) is 0 Å². The number of anilines is 1. The SMILES string of the molecule is Nc1ncnc2c1ncn2[C@@H]1O[C@H](C(O)S)[C@@H](O)[C@H]1O. The van der Waals surface area contributed by atoms with Crippen LogP contribution in [0.4, 0.5) is 5.82 Å². The zero-order valence-electron chi connectivity index (χ0n) is 10.1. The van der Waals surface area contributed by atoms with E-state index in [0.717, 1.165) is 0 Å². The molecule has 108 valence electrons. The van der Waals surface area contributed by atoms with E-state index in [4.69, 9.17) is 10.5 Å². The lowest BCUT2D eigenvalue weighted by Gasteiger charge is -2.16. The quantitative estimate of drug-likeness (QED) is 0.326. The van der Waals surface area contributed by atoms with Crippen molar-refractivity contribution in [2.75, 3.05) is 5.73 Å². The van der Waals surface area contributed by atoms with E-state index in [1.165, 1.54) is 17.2 Å². The maximum atomic E-state index is 10.0. The molecule has 0 saturated carbocycles. The number of aliphatic hydroxyl groups excluding tert-OH is 3. The number of aliphatic hydroxyl groups is 3. The molecule has 20 heavy (non-hydrogen) atoms. The first kappa shape index (κ1) is 13.5. The highest BCUT2D eigenvalue weighted by Gasteiger charge is 2.46. The molecule has 0 radical (unpaired) electrons. The van der Waals surface area contributed by atoms with Crippen LogP contribution in [0.5, 0.6) is 0 Å². The Kier molecular flexibility index (Phi) is 3.26. The van der Waals surface area contributed by atoms with Gasteiger partial charge in [-0.05, 0) is 0 Å². The lowest BCUT2D eigenvalue weighted by molar-refractivity contribution is -0.0590. The van der Waals surface area contributed by atoms with Gasteiger partial charge in [0.15, 0.2) is 17.7 Å². The zero-order valence-corrected chi connectivity index (χ0v) is 11.0. The van der Waals surface area contributed by atoms with Crippen LogP contribution in [0, 0.1) is 0 Å². The summed E-state index contributed by atoms with van der Waals surface area (Å²) in [5.74, 6) is 0.201. The van der Waals surface area contributed by atoms with Gasteiger partial charge in [0.05, 0.1) is 6.33 Å². The number of fused-ring (bicyclic) bond motifs is 1. The van der Waals surface area contributed by atoms with Crippen LogP contribution in [0.15, 0.2) is 12.7 Å². The molecule has 2 aromatic heterocycles. The molecule has 10 heteroatoms. The first-order chi connectivity index (χ1) is 9.50. The molecule has 1 aliphatic heterocycles. The Morgan fingerprint density at radius 1 is 1.30 bits per heavy atom. The fourth-order valence-corrected chi connectivity index (χ4v) is 2.46. The average Bonchev–Trinajstić information content (AvgIpc) is 2.94. The third-order valence-electron chi connectivity index (χ3n) is 3.23. The van der Waals surface area contributed by atoms with Crippen LogP contribution < -0.4 is 5.73 Å². The summed E-state index contributed by atoms with van der Waals surface area (Å²) in [6.45, 7) is 0. The second kappa shape index (κ2) is 4.82. The molecule has 0 bridgehead atoms. The van der Waals surface area contributed by atoms with Crippen LogP contribution >= 0.6 is 12.6 Å². The summed E-state index contributed by atoms with van der Waals surface area (Å²) in [4.78, 5) is 11.9. The predicted octanol–water partition coefficient (Wildman–Crippen LogP) is -1.72. The topological polar surface area (TPSA) is 140 Å². The van der Waals surface area contributed by atoms with Crippen molar-refractivity contribution >= 4 is 29.6 Å². The Morgan fingerprint density at radius 3 is 2.70 bits per heavy atom. The van der Waals surface area contributed by atoms with Gasteiger partial charge in [-0.1, -0.05) is 0 Å². The summed E-state index contributed by atoms with van der Waals surface area (Å²) < 4.78 is 6.86. The highest BCUT2D eigenvalue weighted by Crippen LogP contribution is 2.33. The molecule has 1 unspecified atom stereocenters. The first-order valence-corrected chi connectivity index (χ1v) is 6.33. The van der Waals surface area contributed by atoms with Crippen molar-refractivity contribution in [3.8, 4) is 0 Å². The summed E-state index contributed by atoms with van der Waals surface area (Å²) in [5, 5.41) is 29.3. The largest absolute Gasteiger partial charge is 0.387 e. The van der Waals surface area contributed by atoms with E-state index < -0.39 is 30.0 Å². The minimum absolute atomic E-state index is 0.201. The molecule has 9 nitrogen and oxygen atoms in total. The number of aromatic nitrogens is 4. The minimum atomic E-state index is -1.27. The molecule has 5 atom stereocenters. The van der Waals surface area contributed by atoms with Crippen molar-refractivity contribution in [1.29, 1.82) is 0 Å². The fourth-order valence-electron chi connectivity index (χ4n) is 2.22. The van der Waals surface area contributed by atoms with Gasteiger partial charge < -0.3 is 25.8 Å². The average molecular weight is 299 g/mol. The Morgan fingerprint density at radius 2 is 2.05 bits per heavy atom.